The molecule has 222 valence electrons. The zero-order valence-corrected chi connectivity index (χ0v) is 24.2. The predicted molar refractivity (Wildman–Crippen MR) is 157 cm³/mol. The van der Waals surface area contributed by atoms with Crippen LogP contribution in [0.25, 0.3) is 43.6 Å². The normalized spacial score (nSPS) is 16.3. The van der Waals surface area contributed by atoms with Gasteiger partial charge < -0.3 is 43.4 Å². The third kappa shape index (κ3) is 4.07. The number of methoxy groups -OCH3 is 4. The zero-order chi connectivity index (χ0) is 31.0. The van der Waals surface area contributed by atoms with Crippen molar-refractivity contribution >= 4 is 38.3 Å². The van der Waals surface area contributed by atoms with Gasteiger partial charge in [0.1, 0.15) is 62.5 Å². The van der Waals surface area contributed by atoms with Gasteiger partial charge in [-0.2, -0.15) is 0 Å². The molecule has 0 fully saturated rings. The van der Waals surface area contributed by atoms with Crippen LogP contribution in [0.3, 0.4) is 0 Å². The molecule has 0 bridgehead atoms. The van der Waals surface area contributed by atoms with Crippen molar-refractivity contribution < 1.29 is 48.2 Å². The number of aliphatic hydroxyl groups is 1. The highest BCUT2D eigenvalue weighted by Crippen LogP contribution is 2.56. The lowest BCUT2D eigenvalue weighted by molar-refractivity contribution is -0.122. The van der Waals surface area contributed by atoms with Gasteiger partial charge in [0.25, 0.3) is 0 Å². The van der Waals surface area contributed by atoms with Crippen LogP contribution < -0.4 is 29.1 Å². The first-order valence-corrected chi connectivity index (χ1v) is 13.2. The maximum atomic E-state index is 13.5. The van der Waals surface area contributed by atoms with Crippen LogP contribution >= 0.6 is 0 Å². The van der Waals surface area contributed by atoms with Crippen LogP contribution in [0.4, 0.5) is 0 Å². The number of hydrogen-bond acceptors (Lipinski definition) is 11. The summed E-state index contributed by atoms with van der Waals surface area (Å²) in [6.07, 6.45) is -0.441. The highest BCUT2D eigenvalue weighted by molar-refractivity contribution is 6.24. The Morgan fingerprint density at radius 1 is 0.744 bits per heavy atom. The molecular formula is C32H28O11. The molecule has 2 heterocycles. The van der Waals surface area contributed by atoms with Crippen molar-refractivity contribution in [2.75, 3.05) is 28.4 Å². The van der Waals surface area contributed by atoms with E-state index in [4.69, 9.17) is 28.1 Å². The van der Waals surface area contributed by atoms with Gasteiger partial charge in [-0.15, -0.1) is 0 Å². The van der Waals surface area contributed by atoms with Crippen LogP contribution in [0.15, 0.2) is 39.5 Å². The van der Waals surface area contributed by atoms with Gasteiger partial charge in [0.15, 0.2) is 11.2 Å². The molecular weight excluding hydrogens is 560 g/mol. The highest BCUT2D eigenvalue weighted by Gasteiger charge is 2.41. The van der Waals surface area contributed by atoms with E-state index in [0.717, 1.165) is 0 Å². The molecule has 6 rings (SSSR count). The van der Waals surface area contributed by atoms with E-state index in [2.05, 4.69) is 0 Å². The molecule has 1 unspecified atom stereocenters. The number of ketones is 1. The SMILES string of the molecule is COc1cc(OC)c2c(O)c3c(c(-c4c5cc(OC)cc(OC)c5c(O)c5c(=O)cc(C)oc45)c2c1)OC(C)(O)CC3=O. The van der Waals surface area contributed by atoms with Crippen molar-refractivity contribution in [1.29, 1.82) is 0 Å². The number of phenols is 2. The summed E-state index contributed by atoms with van der Waals surface area (Å²) in [5, 5.41) is 34.8. The molecule has 5 aromatic rings. The molecule has 1 aliphatic heterocycles. The van der Waals surface area contributed by atoms with Gasteiger partial charge in [-0.05, 0) is 19.1 Å². The van der Waals surface area contributed by atoms with Crippen LogP contribution in [0.2, 0.25) is 0 Å². The van der Waals surface area contributed by atoms with E-state index < -0.39 is 34.9 Å². The molecule has 0 spiro atoms. The number of hydrogen-bond donors (Lipinski definition) is 3. The van der Waals surface area contributed by atoms with Crippen LogP contribution in [0.1, 0.15) is 29.5 Å². The van der Waals surface area contributed by atoms with E-state index in [-0.39, 0.29) is 66.8 Å². The van der Waals surface area contributed by atoms with Gasteiger partial charge in [-0.3, -0.25) is 9.59 Å². The van der Waals surface area contributed by atoms with Crippen molar-refractivity contribution in [2.45, 2.75) is 26.1 Å². The fourth-order valence-electron chi connectivity index (χ4n) is 5.86. The number of aromatic hydroxyl groups is 2. The maximum absolute atomic E-state index is 13.5. The van der Waals surface area contributed by atoms with E-state index in [1.54, 1.807) is 31.2 Å². The average Bonchev–Trinajstić information content (AvgIpc) is 2.95. The summed E-state index contributed by atoms with van der Waals surface area (Å²) in [4.78, 5) is 27.0. The number of rotatable bonds is 5. The van der Waals surface area contributed by atoms with Crippen LogP contribution in [-0.4, -0.2) is 55.3 Å². The van der Waals surface area contributed by atoms with Crippen molar-refractivity contribution in [1.82, 2.24) is 0 Å². The van der Waals surface area contributed by atoms with Gasteiger partial charge in [0.05, 0.1) is 45.6 Å². The standard InChI is InChI=1S/C32H28O11/c1-13-7-18(33)26-28(35)22-16(8-14(38-3)10-20(22)40-5)24(30(26)42-13)25-17-9-15(39-4)11-21(41-6)23(17)29(36)27-19(34)12-32(2,37)43-31(25)27/h7-11,35-37H,12H2,1-6H3. The molecule has 0 saturated carbocycles. The summed E-state index contributed by atoms with van der Waals surface area (Å²) >= 11 is 0. The smallest absolute Gasteiger partial charge is 0.212 e. The molecule has 3 N–H and O–H groups in total. The summed E-state index contributed by atoms with van der Waals surface area (Å²) in [6, 6.07) is 7.55. The number of carbonyl (C=O) groups excluding carboxylic acids is 1. The number of benzene rings is 4. The fraction of sp³-hybridized carbons (Fsp3) is 0.250. The van der Waals surface area contributed by atoms with Crippen LogP contribution in [0, 0.1) is 6.92 Å². The van der Waals surface area contributed by atoms with E-state index in [9.17, 15) is 24.9 Å². The monoisotopic (exact) mass is 588 g/mol. The number of phenolic OH excluding ortho intramolecular Hbond substituents is 2. The van der Waals surface area contributed by atoms with Crippen molar-refractivity contribution in [2.24, 2.45) is 0 Å². The number of Topliss-reactive ketones (excluding diaryl/α,β-unsaturated/α-hetero) is 1. The first-order chi connectivity index (χ1) is 20.4. The Balaban J connectivity index is 2.01. The molecule has 1 atom stereocenters. The lowest BCUT2D eigenvalue weighted by Crippen LogP contribution is -2.39. The Kier molecular flexibility index (Phi) is 6.31. The van der Waals surface area contributed by atoms with Gasteiger partial charge in [0.2, 0.25) is 5.79 Å². The lowest BCUT2D eigenvalue weighted by atomic mass is 9.85. The third-order valence-electron chi connectivity index (χ3n) is 7.64. The van der Waals surface area contributed by atoms with E-state index in [1.807, 2.05) is 0 Å². The molecule has 1 aliphatic rings. The van der Waals surface area contributed by atoms with Gasteiger partial charge in [-0.1, -0.05) is 0 Å². The molecule has 11 heteroatoms. The Labute approximate surface area is 244 Å². The quantitative estimate of drug-likeness (QED) is 0.232. The topological polar surface area (TPSA) is 154 Å². The Bertz CT molecular complexity index is 2070. The Morgan fingerprint density at radius 2 is 1.30 bits per heavy atom. The van der Waals surface area contributed by atoms with E-state index in [0.29, 0.717) is 16.9 Å². The second kappa shape index (κ2) is 9.70. The van der Waals surface area contributed by atoms with Crippen molar-refractivity contribution in [3.63, 3.8) is 0 Å². The third-order valence-corrected chi connectivity index (χ3v) is 7.64. The minimum Gasteiger partial charge on any atom is -0.506 e. The maximum Gasteiger partial charge on any atom is 0.212 e. The number of ether oxygens (including phenoxy) is 5. The summed E-state index contributed by atoms with van der Waals surface area (Å²) in [5.74, 6) is -2.24. The fourth-order valence-corrected chi connectivity index (χ4v) is 5.86. The first kappa shape index (κ1) is 28.0. The predicted octanol–water partition coefficient (Wildman–Crippen LogP) is 5.19. The molecule has 43 heavy (non-hydrogen) atoms. The first-order valence-electron chi connectivity index (χ1n) is 13.2. The minimum atomic E-state index is -1.95. The molecule has 0 aliphatic carbocycles. The molecule has 0 saturated heterocycles. The Hall–Kier alpha value is -5.16. The molecule has 11 nitrogen and oxygen atoms in total. The van der Waals surface area contributed by atoms with Crippen LogP contribution in [-0.2, 0) is 0 Å². The molecule has 4 aromatic carbocycles. The lowest BCUT2D eigenvalue weighted by Gasteiger charge is -2.33. The number of carbonyl (C=O) groups is 1. The van der Waals surface area contributed by atoms with E-state index in [1.165, 1.54) is 41.4 Å². The van der Waals surface area contributed by atoms with Gasteiger partial charge in [-0.25, -0.2) is 0 Å². The van der Waals surface area contributed by atoms with E-state index >= 15 is 0 Å². The summed E-state index contributed by atoms with van der Waals surface area (Å²) < 4.78 is 34.5. The molecule has 1 aromatic heterocycles. The number of aryl methyl sites for hydroxylation is 1. The average molecular weight is 589 g/mol. The summed E-state index contributed by atoms with van der Waals surface area (Å²) in [7, 11) is 5.71. The van der Waals surface area contributed by atoms with Gasteiger partial charge in [0, 0.05) is 47.0 Å². The largest absolute Gasteiger partial charge is 0.506 e. The summed E-state index contributed by atoms with van der Waals surface area (Å²) in [5.41, 5.74) is -0.414. The van der Waals surface area contributed by atoms with Gasteiger partial charge >= 0.3 is 0 Å². The second-order valence-corrected chi connectivity index (χ2v) is 10.5. The van der Waals surface area contributed by atoms with Crippen LogP contribution in [0.5, 0.6) is 40.2 Å². The number of fused-ring (bicyclic) bond motifs is 4. The Morgan fingerprint density at radius 3 is 1.86 bits per heavy atom. The van der Waals surface area contributed by atoms with Crippen molar-refractivity contribution in [3.8, 4) is 51.4 Å². The second-order valence-electron chi connectivity index (χ2n) is 10.5. The summed E-state index contributed by atoms with van der Waals surface area (Å²) in [6.45, 7) is 2.91. The molecule has 0 radical (unpaired) electrons. The van der Waals surface area contributed by atoms with Crippen molar-refractivity contribution in [3.05, 3.63) is 51.9 Å². The zero-order valence-electron chi connectivity index (χ0n) is 24.2. The minimum absolute atomic E-state index is 0.0393. The molecule has 0 amide bonds. The highest BCUT2D eigenvalue weighted by atomic mass is 16.6.